The molecule has 0 bridgehead atoms. The summed E-state index contributed by atoms with van der Waals surface area (Å²) in [6.45, 7) is 1.64. The lowest BCUT2D eigenvalue weighted by Crippen LogP contribution is -1.94. The van der Waals surface area contributed by atoms with E-state index in [1.54, 1.807) is 13.0 Å². The van der Waals surface area contributed by atoms with Crippen molar-refractivity contribution >= 4 is 45.2 Å². The van der Waals surface area contributed by atoms with Crippen LogP contribution >= 0.6 is 45.2 Å². The minimum Gasteiger partial charge on any atom is -0.506 e. The lowest BCUT2D eigenvalue weighted by molar-refractivity contribution is 0.194. The second-order valence-corrected chi connectivity index (χ2v) is 4.91. The molecule has 0 amide bonds. The van der Waals surface area contributed by atoms with Crippen molar-refractivity contribution in [2.75, 3.05) is 0 Å². The highest BCUT2D eigenvalue weighted by Crippen LogP contribution is 2.30. The SMILES string of the molecule is CC(O)c1cc(I)cc(I)c1O. The Balaban J connectivity index is 3.28. The van der Waals surface area contributed by atoms with Crippen LogP contribution in [0.15, 0.2) is 12.1 Å². The predicted molar refractivity (Wildman–Crippen MR) is 64.2 cm³/mol. The Morgan fingerprint density at radius 3 is 2.42 bits per heavy atom. The first kappa shape index (κ1) is 10.5. The maximum Gasteiger partial charge on any atom is 0.134 e. The van der Waals surface area contributed by atoms with Crippen LogP contribution in [0.3, 0.4) is 0 Å². The fraction of sp³-hybridized carbons (Fsp3) is 0.250. The molecule has 1 aromatic carbocycles. The third-order valence-electron chi connectivity index (χ3n) is 1.51. The van der Waals surface area contributed by atoms with Gasteiger partial charge in [0.1, 0.15) is 5.75 Å². The Bertz CT molecular complexity index is 297. The van der Waals surface area contributed by atoms with Crippen LogP contribution in [-0.4, -0.2) is 10.2 Å². The van der Waals surface area contributed by atoms with Gasteiger partial charge in [-0.15, -0.1) is 0 Å². The number of halogens is 2. The number of aliphatic hydroxyl groups is 1. The third-order valence-corrected chi connectivity index (χ3v) is 2.95. The summed E-state index contributed by atoms with van der Waals surface area (Å²) in [5, 5.41) is 18.8. The van der Waals surface area contributed by atoms with Gasteiger partial charge in [0, 0.05) is 9.13 Å². The quantitative estimate of drug-likeness (QED) is 0.725. The topological polar surface area (TPSA) is 40.5 Å². The summed E-state index contributed by atoms with van der Waals surface area (Å²) in [6.07, 6.45) is -0.617. The number of aromatic hydroxyl groups is 1. The molecule has 0 aromatic heterocycles. The van der Waals surface area contributed by atoms with E-state index in [4.69, 9.17) is 0 Å². The van der Waals surface area contributed by atoms with Gasteiger partial charge in [-0.3, -0.25) is 0 Å². The van der Waals surface area contributed by atoms with Crippen molar-refractivity contribution in [3.63, 3.8) is 0 Å². The van der Waals surface area contributed by atoms with Crippen LogP contribution in [0.4, 0.5) is 0 Å². The van der Waals surface area contributed by atoms with Crippen molar-refractivity contribution in [2.24, 2.45) is 0 Å². The zero-order valence-corrected chi connectivity index (χ0v) is 10.7. The van der Waals surface area contributed by atoms with Crippen LogP contribution in [0.5, 0.6) is 5.75 Å². The smallest absolute Gasteiger partial charge is 0.134 e. The highest BCUT2D eigenvalue weighted by Gasteiger charge is 2.10. The molecule has 0 aliphatic heterocycles. The van der Waals surface area contributed by atoms with E-state index in [-0.39, 0.29) is 5.75 Å². The number of aliphatic hydroxyl groups excluding tert-OH is 1. The molecule has 0 saturated carbocycles. The normalized spacial score (nSPS) is 13.0. The molecule has 0 saturated heterocycles. The summed E-state index contributed by atoms with van der Waals surface area (Å²) < 4.78 is 1.79. The molecule has 12 heavy (non-hydrogen) atoms. The van der Waals surface area contributed by atoms with Gasteiger partial charge in [-0.2, -0.15) is 0 Å². The minimum atomic E-state index is -0.617. The van der Waals surface area contributed by atoms with Crippen LogP contribution < -0.4 is 0 Å². The number of phenolic OH excluding ortho intramolecular Hbond substituents is 1. The Morgan fingerprint density at radius 2 is 1.92 bits per heavy atom. The third kappa shape index (κ3) is 2.23. The van der Waals surface area contributed by atoms with Gasteiger partial charge in [-0.05, 0) is 64.2 Å². The first-order chi connectivity index (χ1) is 5.52. The van der Waals surface area contributed by atoms with Gasteiger partial charge >= 0.3 is 0 Å². The Morgan fingerprint density at radius 1 is 1.33 bits per heavy atom. The minimum absolute atomic E-state index is 0.186. The van der Waals surface area contributed by atoms with E-state index in [0.717, 1.165) is 7.14 Å². The van der Waals surface area contributed by atoms with E-state index in [1.165, 1.54) is 0 Å². The van der Waals surface area contributed by atoms with Crippen LogP contribution in [-0.2, 0) is 0 Å². The molecule has 0 fully saturated rings. The van der Waals surface area contributed by atoms with Gasteiger partial charge in [-0.1, -0.05) is 0 Å². The summed E-state index contributed by atoms with van der Waals surface area (Å²) >= 11 is 4.20. The zero-order chi connectivity index (χ0) is 9.30. The van der Waals surface area contributed by atoms with Crippen molar-refractivity contribution < 1.29 is 10.2 Å². The molecule has 1 rings (SSSR count). The molecule has 1 atom stereocenters. The summed E-state index contributed by atoms with van der Waals surface area (Å²) in [5.41, 5.74) is 0.589. The first-order valence-electron chi connectivity index (χ1n) is 3.38. The standard InChI is InChI=1S/C8H8I2O2/c1-4(11)6-2-5(9)3-7(10)8(6)12/h2-4,11-12H,1H3. The molecule has 0 radical (unpaired) electrons. The maximum atomic E-state index is 9.52. The monoisotopic (exact) mass is 390 g/mol. The van der Waals surface area contributed by atoms with Crippen molar-refractivity contribution in [1.29, 1.82) is 0 Å². The number of hydrogen-bond acceptors (Lipinski definition) is 2. The van der Waals surface area contributed by atoms with E-state index in [0.29, 0.717) is 5.56 Å². The largest absolute Gasteiger partial charge is 0.506 e. The maximum absolute atomic E-state index is 9.52. The molecule has 0 spiro atoms. The van der Waals surface area contributed by atoms with E-state index in [2.05, 4.69) is 22.6 Å². The van der Waals surface area contributed by atoms with E-state index in [1.807, 2.05) is 28.7 Å². The van der Waals surface area contributed by atoms with Crippen molar-refractivity contribution in [3.05, 3.63) is 24.8 Å². The molecule has 2 nitrogen and oxygen atoms in total. The second kappa shape index (κ2) is 4.10. The fourth-order valence-corrected chi connectivity index (χ4v) is 2.79. The molecular formula is C8H8I2O2. The molecule has 0 aliphatic rings. The van der Waals surface area contributed by atoms with Crippen LogP contribution in [0, 0.1) is 7.14 Å². The molecule has 4 heteroatoms. The highest BCUT2D eigenvalue weighted by atomic mass is 127. The summed E-state index contributed by atoms with van der Waals surface area (Å²) in [4.78, 5) is 0. The molecule has 1 aromatic rings. The molecular weight excluding hydrogens is 382 g/mol. The predicted octanol–water partition coefficient (Wildman–Crippen LogP) is 2.65. The van der Waals surface area contributed by atoms with Gasteiger partial charge in [0.25, 0.3) is 0 Å². The Labute approximate surface area is 98.3 Å². The number of rotatable bonds is 1. The lowest BCUT2D eigenvalue weighted by Gasteiger charge is -2.09. The van der Waals surface area contributed by atoms with Gasteiger partial charge < -0.3 is 10.2 Å². The average Bonchev–Trinajstić information content (AvgIpc) is 1.96. The average molecular weight is 390 g/mol. The van der Waals surface area contributed by atoms with Crippen LogP contribution in [0.25, 0.3) is 0 Å². The first-order valence-corrected chi connectivity index (χ1v) is 5.54. The summed E-state index contributed by atoms with van der Waals surface area (Å²) in [6, 6.07) is 3.64. The van der Waals surface area contributed by atoms with Crippen molar-refractivity contribution in [2.45, 2.75) is 13.0 Å². The molecule has 0 heterocycles. The fourth-order valence-electron chi connectivity index (χ4n) is 0.904. The molecule has 66 valence electrons. The zero-order valence-electron chi connectivity index (χ0n) is 6.38. The molecule has 1 unspecified atom stereocenters. The van der Waals surface area contributed by atoms with Crippen LogP contribution in [0.1, 0.15) is 18.6 Å². The number of benzene rings is 1. The van der Waals surface area contributed by atoms with Gasteiger partial charge in [-0.25, -0.2) is 0 Å². The van der Waals surface area contributed by atoms with Gasteiger partial charge in [0.15, 0.2) is 0 Å². The highest BCUT2D eigenvalue weighted by molar-refractivity contribution is 14.1. The Hall–Kier alpha value is 0.440. The van der Waals surface area contributed by atoms with Crippen molar-refractivity contribution in [3.8, 4) is 5.75 Å². The molecule has 0 aliphatic carbocycles. The van der Waals surface area contributed by atoms with E-state index in [9.17, 15) is 10.2 Å². The Kier molecular flexibility index (Phi) is 3.59. The number of phenols is 1. The second-order valence-electron chi connectivity index (χ2n) is 2.50. The van der Waals surface area contributed by atoms with Gasteiger partial charge in [0.05, 0.1) is 9.67 Å². The number of hydrogen-bond donors (Lipinski definition) is 2. The summed E-state index contributed by atoms with van der Waals surface area (Å²) in [5.74, 6) is 0.186. The van der Waals surface area contributed by atoms with Crippen molar-refractivity contribution in [1.82, 2.24) is 0 Å². The van der Waals surface area contributed by atoms with Crippen LogP contribution in [0.2, 0.25) is 0 Å². The van der Waals surface area contributed by atoms with Gasteiger partial charge in [0.2, 0.25) is 0 Å². The summed E-state index contributed by atoms with van der Waals surface area (Å²) in [7, 11) is 0. The van der Waals surface area contributed by atoms with E-state index >= 15 is 0 Å². The molecule has 2 N–H and O–H groups in total. The van der Waals surface area contributed by atoms with E-state index < -0.39 is 6.10 Å². The lowest BCUT2D eigenvalue weighted by atomic mass is 10.1.